The Balaban J connectivity index is 1.43. The lowest BCUT2D eigenvalue weighted by Gasteiger charge is -2.17. The van der Waals surface area contributed by atoms with Gasteiger partial charge < -0.3 is 35.5 Å². The van der Waals surface area contributed by atoms with Crippen LogP contribution in [0.5, 0.6) is 17.2 Å². The summed E-state index contributed by atoms with van der Waals surface area (Å²) in [4.78, 5) is 18.6. The van der Waals surface area contributed by atoms with Crippen molar-refractivity contribution in [2.24, 2.45) is 0 Å². The molecule has 4 aromatic rings. The van der Waals surface area contributed by atoms with Crippen LogP contribution in [0, 0.1) is 10.1 Å². The van der Waals surface area contributed by atoms with E-state index in [1.54, 1.807) is 24.4 Å². The van der Waals surface area contributed by atoms with Gasteiger partial charge in [0.25, 0.3) is 5.69 Å². The minimum absolute atomic E-state index is 0.0590. The molecular formula is C28H29N6O7S-. The predicted molar refractivity (Wildman–Crippen MR) is 158 cm³/mol. The largest absolute Gasteiger partial charge is 0.768 e. The lowest BCUT2D eigenvalue weighted by Crippen LogP contribution is -2.09. The van der Waals surface area contributed by atoms with E-state index in [1.807, 2.05) is 12.1 Å². The number of aromatic nitrogens is 2. The number of nitrogens with zero attached hydrogens (tertiary/aromatic N) is 3. The van der Waals surface area contributed by atoms with Crippen LogP contribution < -0.4 is 31.0 Å². The predicted octanol–water partition coefficient (Wildman–Crippen LogP) is 3.94. The quantitative estimate of drug-likeness (QED) is 0.0873. The Morgan fingerprint density at radius 2 is 1.71 bits per heavy atom. The third-order valence-corrected chi connectivity index (χ3v) is 6.93. The Hall–Kier alpha value is -4.95. The van der Waals surface area contributed by atoms with Crippen molar-refractivity contribution in [2.75, 3.05) is 44.2 Å². The summed E-state index contributed by atoms with van der Waals surface area (Å²) in [5.74, 6) is 1.80. The standard InChI is InChI=1S/C28H30N6O7S/c1-39-24-13-17(12-19-16-32-28(30)33-27(19)29)14-25(40-2)26(24)41-11-3-10-31-23-9-8-21(42(37)38)15-22(23)18-4-6-20(7-5-18)34(35)36/h4-9,13-16,31H,3,10-12H2,1-2H3,(H,37,38)(H4,29,30,32,33)/p-1. The zero-order valence-electron chi connectivity index (χ0n) is 22.9. The third kappa shape index (κ3) is 7.21. The average molecular weight is 594 g/mol. The summed E-state index contributed by atoms with van der Waals surface area (Å²) in [7, 11) is 3.07. The molecule has 1 unspecified atom stereocenters. The van der Waals surface area contributed by atoms with Crippen LogP contribution in [-0.2, 0) is 17.5 Å². The highest BCUT2D eigenvalue weighted by Crippen LogP contribution is 2.39. The van der Waals surface area contributed by atoms with Crippen molar-refractivity contribution in [1.29, 1.82) is 0 Å². The van der Waals surface area contributed by atoms with Crippen LogP contribution in [0.25, 0.3) is 11.1 Å². The third-order valence-electron chi connectivity index (χ3n) is 6.29. The Bertz CT molecular complexity index is 1580. The molecule has 14 heteroatoms. The minimum atomic E-state index is -2.43. The fraction of sp³-hybridized carbons (Fsp3) is 0.214. The molecule has 3 aromatic carbocycles. The Morgan fingerprint density at radius 1 is 1.02 bits per heavy atom. The molecule has 0 bridgehead atoms. The summed E-state index contributed by atoms with van der Waals surface area (Å²) < 4.78 is 40.3. The van der Waals surface area contributed by atoms with Crippen LogP contribution in [0.15, 0.2) is 65.7 Å². The van der Waals surface area contributed by atoms with Crippen molar-refractivity contribution in [3.8, 4) is 28.4 Å². The molecule has 42 heavy (non-hydrogen) atoms. The van der Waals surface area contributed by atoms with Crippen molar-refractivity contribution < 1.29 is 27.9 Å². The fourth-order valence-electron chi connectivity index (χ4n) is 4.22. The first-order valence-electron chi connectivity index (χ1n) is 12.7. The second kappa shape index (κ2) is 13.6. The molecule has 220 valence electrons. The van der Waals surface area contributed by atoms with Gasteiger partial charge in [-0.25, -0.2) is 4.98 Å². The number of nitrogen functional groups attached to an aromatic ring is 2. The summed E-state index contributed by atoms with van der Waals surface area (Å²) in [5, 5.41) is 14.3. The summed E-state index contributed by atoms with van der Waals surface area (Å²) in [5.41, 5.74) is 15.0. The van der Waals surface area contributed by atoms with Crippen LogP contribution >= 0.6 is 0 Å². The maximum atomic E-state index is 11.6. The molecule has 0 aliphatic rings. The average Bonchev–Trinajstić information content (AvgIpc) is 2.98. The van der Waals surface area contributed by atoms with Crippen molar-refractivity contribution in [3.63, 3.8) is 0 Å². The minimum Gasteiger partial charge on any atom is -0.768 e. The molecule has 5 N–H and O–H groups in total. The van der Waals surface area contributed by atoms with Gasteiger partial charge in [-0.1, -0.05) is 0 Å². The van der Waals surface area contributed by atoms with E-state index in [4.69, 9.17) is 25.7 Å². The molecule has 1 aromatic heterocycles. The molecule has 13 nitrogen and oxygen atoms in total. The lowest BCUT2D eigenvalue weighted by molar-refractivity contribution is -0.384. The number of nitrogens with two attached hydrogens (primary N) is 2. The number of anilines is 3. The molecular weight excluding hydrogens is 564 g/mol. The van der Waals surface area contributed by atoms with Crippen LogP contribution in [0.2, 0.25) is 0 Å². The number of nitro benzene ring substituents is 1. The number of methoxy groups -OCH3 is 2. The van der Waals surface area contributed by atoms with Gasteiger partial charge in [-0.3, -0.25) is 14.3 Å². The molecule has 1 atom stereocenters. The summed E-state index contributed by atoms with van der Waals surface area (Å²) in [6, 6.07) is 14.2. The Kier molecular flexibility index (Phi) is 9.73. The van der Waals surface area contributed by atoms with Crippen molar-refractivity contribution >= 4 is 34.2 Å². The van der Waals surface area contributed by atoms with Gasteiger partial charge in [0.05, 0.1) is 25.7 Å². The molecule has 1 heterocycles. The fourth-order valence-corrected chi connectivity index (χ4v) is 4.61. The number of nitrogens with one attached hydrogen (secondary N) is 1. The zero-order chi connectivity index (χ0) is 30.2. The van der Waals surface area contributed by atoms with Gasteiger partial charge in [0.2, 0.25) is 11.7 Å². The molecule has 0 spiro atoms. The molecule has 0 aliphatic carbocycles. The van der Waals surface area contributed by atoms with Crippen molar-refractivity contribution in [1.82, 2.24) is 9.97 Å². The van der Waals surface area contributed by atoms with Gasteiger partial charge >= 0.3 is 0 Å². The number of nitro groups is 1. The molecule has 0 fully saturated rings. The smallest absolute Gasteiger partial charge is 0.269 e. The molecule has 4 rings (SSSR count). The highest BCUT2D eigenvalue weighted by Gasteiger charge is 2.16. The summed E-state index contributed by atoms with van der Waals surface area (Å²) in [6.07, 6.45) is 2.58. The van der Waals surface area contributed by atoms with Crippen molar-refractivity contribution in [2.45, 2.75) is 17.7 Å². The molecule has 0 radical (unpaired) electrons. The van der Waals surface area contributed by atoms with Crippen LogP contribution in [0.1, 0.15) is 17.5 Å². The molecule has 0 saturated heterocycles. The van der Waals surface area contributed by atoms with Gasteiger partial charge in [0.15, 0.2) is 11.5 Å². The summed E-state index contributed by atoms with van der Waals surface area (Å²) in [6.45, 7) is 0.798. The zero-order valence-corrected chi connectivity index (χ0v) is 23.7. The first kappa shape index (κ1) is 30.0. The van der Waals surface area contributed by atoms with Crippen LogP contribution in [-0.4, -0.2) is 51.0 Å². The monoisotopic (exact) mass is 593 g/mol. The van der Waals surface area contributed by atoms with E-state index in [0.717, 1.165) is 5.56 Å². The Labute approximate surface area is 244 Å². The molecule has 0 aliphatic heterocycles. The van der Waals surface area contributed by atoms with Gasteiger partial charge in [-0.2, -0.15) is 4.98 Å². The number of non-ortho nitro benzene ring substituents is 1. The highest BCUT2D eigenvalue weighted by molar-refractivity contribution is 7.79. The molecule has 0 amide bonds. The number of ether oxygens (including phenoxy) is 3. The van der Waals surface area contributed by atoms with Crippen LogP contribution in [0.3, 0.4) is 0 Å². The van der Waals surface area contributed by atoms with E-state index in [-0.39, 0.29) is 16.5 Å². The number of hydrogen-bond donors (Lipinski definition) is 3. The van der Waals surface area contributed by atoms with Crippen LogP contribution in [0.4, 0.5) is 23.1 Å². The molecule has 0 saturated carbocycles. The Morgan fingerprint density at radius 3 is 2.31 bits per heavy atom. The first-order valence-corrected chi connectivity index (χ1v) is 13.7. The van der Waals surface area contributed by atoms with Gasteiger partial charge in [-0.05, 0) is 71.1 Å². The number of benzene rings is 3. The van der Waals surface area contributed by atoms with E-state index >= 15 is 0 Å². The van der Waals surface area contributed by atoms with E-state index < -0.39 is 16.0 Å². The first-order chi connectivity index (χ1) is 20.2. The van der Waals surface area contributed by atoms with E-state index in [2.05, 4.69) is 15.3 Å². The topological polar surface area (TPSA) is 201 Å². The second-order valence-electron chi connectivity index (χ2n) is 9.02. The van der Waals surface area contributed by atoms with E-state index in [0.29, 0.717) is 71.4 Å². The highest BCUT2D eigenvalue weighted by atomic mass is 32.2. The SMILES string of the molecule is COc1cc(Cc2cnc(N)nc2N)cc(OC)c1OCCCNc1ccc(S(=O)[O-])cc1-c1ccc([N+](=O)[O-])cc1. The van der Waals surface area contributed by atoms with Crippen molar-refractivity contribution in [3.05, 3.63) is 82.0 Å². The van der Waals surface area contributed by atoms with Gasteiger partial charge in [0, 0.05) is 53.0 Å². The van der Waals surface area contributed by atoms with E-state index in [9.17, 15) is 18.9 Å². The summed E-state index contributed by atoms with van der Waals surface area (Å²) >= 11 is -2.43. The number of rotatable bonds is 13. The second-order valence-corrected chi connectivity index (χ2v) is 9.96. The van der Waals surface area contributed by atoms with Gasteiger partial charge in [0.1, 0.15) is 5.82 Å². The maximum absolute atomic E-state index is 11.6. The maximum Gasteiger partial charge on any atom is 0.269 e. The lowest BCUT2D eigenvalue weighted by atomic mass is 10.0. The van der Waals surface area contributed by atoms with E-state index in [1.165, 1.54) is 38.5 Å². The normalized spacial score (nSPS) is 11.5. The number of hydrogen-bond acceptors (Lipinski definition) is 12. The van der Waals surface area contributed by atoms with Gasteiger partial charge in [-0.15, -0.1) is 0 Å².